The van der Waals surface area contributed by atoms with Gasteiger partial charge in [0, 0.05) is 25.6 Å². The molecule has 0 spiro atoms. The van der Waals surface area contributed by atoms with Gasteiger partial charge in [-0.25, -0.2) is 9.37 Å². The molecule has 0 radical (unpaired) electrons. The fraction of sp³-hybridized carbons (Fsp3) is 0.562. The average molecular weight is 278 g/mol. The maximum Gasteiger partial charge on any atom is 0.125 e. The van der Waals surface area contributed by atoms with Gasteiger partial charge in [-0.15, -0.1) is 0 Å². The van der Waals surface area contributed by atoms with Crippen molar-refractivity contribution in [2.24, 2.45) is 0 Å². The predicted octanol–water partition coefficient (Wildman–Crippen LogP) is 3.68. The number of hydrogen-bond donors (Lipinski definition) is 1. The van der Waals surface area contributed by atoms with Crippen LogP contribution in [0.5, 0.6) is 0 Å². The van der Waals surface area contributed by atoms with Gasteiger partial charge in [-0.05, 0) is 25.0 Å². The number of benzene rings is 1. The van der Waals surface area contributed by atoms with Crippen molar-refractivity contribution in [2.45, 2.75) is 52.0 Å². The molecule has 0 aliphatic carbocycles. The summed E-state index contributed by atoms with van der Waals surface area (Å²) in [6.45, 7) is 3.28. The van der Waals surface area contributed by atoms with Gasteiger partial charge < -0.3 is 9.67 Å². The number of halogens is 1. The molecule has 0 aliphatic rings. The van der Waals surface area contributed by atoms with E-state index in [0.29, 0.717) is 11.9 Å². The molecule has 0 saturated heterocycles. The first-order valence-electron chi connectivity index (χ1n) is 7.51. The molecule has 0 saturated carbocycles. The Labute approximate surface area is 119 Å². The van der Waals surface area contributed by atoms with Crippen molar-refractivity contribution in [2.75, 3.05) is 6.61 Å². The fourth-order valence-corrected chi connectivity index (χ4v) is 2.53. The molecule has 0 bridgehead atoms. The van der Waals surface area contributed by atoms with Crippen LogP contribution in [-0.2, 0) is 13.0 Å². The van der Waals surface area contributed by atoms with Crippen LogP contribution in [0.4, 0.5) is 4.39 Å². The van der Waals surface area contributed by atoms with E-state index in [1.54, 1.807) is 6.07 Å². The van der Waals surface area contributed by atoms with E-state index in [9.17, 15) is 4.39 Å². The van der Waals surface area contributed by atoms with Crippen LogP contribution in [-0.4, -0.2) is 21.3 Å². The van der Waals surface area contributed by atoms with Crippen LogP contribution in [0.15, 0.2) is 18.2 Å². The monoisotopic (exact) mass is 278 g/mol. The number of aryl methyl sites for hydroxylation is 2. The third-order valence-electron chi connectivity index (χ3n) is 3.58. The maximum absolute atomic E-state index is 13.3. The lowest BCUT2D eigenvalue weighted by atomic mass is 10.2. The smallest absolute Gasteiger partial charge is 0.125 e. The summed E-state index contributed by atoms with van der Waals surface area (Å²) >= 11 is 0. The molecule has 1 N–H and O–H groups in total. The zero-order valence-corrected chi connectivity index (χ0v) is 12.1. The van der Waals surface area contributed by atoms with Gasteiger partial charge in [0.15, 0.2) is 0 Å². The van der Waals surface area contributed by atoms with Gasteiger partial charge in [0.25, 0.3) is 0 Å². The Morgan fingerprint density at radius 1 is 1.20 bits per heavy atom. The Bertz CT molecular complexity index is 551. The first kappa shape index (κ1) is 15.0. The first-order valence-corrected chi connectivity index (χ1v) is 7.51. The molecule has 0 atom stereocenters. The number of aliphatic hydroxyl groups excluding tert-OH is 1. The van der Waals surface area contributed by atoms with Crippen molar-refractivity contribution in [1.82, 2.24) is 9.55 Å². The zero-order chi connectivity index (χ0) is 14.4. The fourth-order valence-electron chi connectivity index (χ4n) is 2.53. The van der Waals surface area contributed by atoms with Crippen LogP contribution >= 0.6 is 0 Å². The summed E-state index contributed by atoms with van der Waals surface area (Å²) < 4.78 is 15.5. The SMILES string of the molecule is CCCCCCn1c(CCCO)nc2cc(F)ccc21. The number of unbranched alkanes of at least 4 members (excludes halogenated alkanes) is 3. The second-order valence-electron chi connectivity index (χ2n) is 5.20. The number of fused-ring (bicyclic) bond motifs is 1. The number of nitrogens with zero attached hydrogens (tertiary/aromatic N) is 2. The van der Waals surface area contributed by atoms with E-state index in [1.807, 2.05) is 0 Å². The van der Waals surface area contributed by atoms with E-state index in [4.69, 9.17) is 5.11 Å². The topological polar surface area (TPSA) is 38.0 Å². The lowest BCUT2D eigenvalue weighted by molar-refractivity contribution is 0.287. The number of hydrogen-bond acceptors (Lipinski definition) is 2. The van der Waals surface area contributed by atoms with Gasteiger partial charge in [-0.3, -0.25) is 0 Å². The second-order valence-corrected chi connectivity index (χ2v) is 5.20. The minimum Gasteiger partial charge on any atom is -0.396 e. The molecule has 4 heteroatoms. The largest absolute Gasteiger partial charge is 0.396 e. The number of aromatic nitrogens is 2. The summed E-state index contributed by atoms with van der Waals surface area (Å²) in [7, 11) is 0. The van der Waals surface area contributed by atoms with Gasteiger partial charge in [-0.2, -0.15) is 0 Å². The Kier molecular flexibility index (Phi) is 5.53. The predicted molar refractivity (Wildman–Crippen MR) is 79.2 cm³/mol. The standard InChI is InChI=1S/C16H23FN2O/c1-2-3-4-5-10-19-15-9-8-13(17)12-14(15)18-16(19)7-6-11-20/h8-9,12,20H,2-7,10-11H2,1H3. The van der Waals surface area contributed by atoms with Crippen molar-refractivity contribution in [1.29, 1.82) is 0 Å². The van der Waals surface area contributed by atoms with Crippen molar-refractivity contribution in [3.05, 3.63) is 29.8 Å². The highest BCUT2D eigenvalue weighted by atomic mass is 19.1. The van der Waals surface area contributed by atoms with E-state index in [0.717, 1.165) is 30.7 Å². The lowest BCUT2D eigenvalue weighted by Crippen LogP contribution is -2.05. The third kappa shape index (κ3) is 3.57. The number of aliphatic hydroxyl groups is 1. The second kappa shape index (κ2) is 7.39. The summed E-state index contributed by atoms with van der Waals surface area (Å²) in [6.07, 6.45) is 6.21. The minimum absolute atomic E-state index is 0.160. The van der Waals surface area contributed by atoms with Gasteiger partial charge in [0.05, 0.1) is 11.0 Å². The highest BCUT2D eigenvalue weighted by molar-refractivity contribution is 5.76. The Balaban J connectivity index is 2.22. The van der Waals surface area contributed by atoms with Crippen LogP contribution in [0.2, 0.25) is 0 Å². The van der Waals surface area contributed by atoms with Gasteiger partial charge in [-0.1, -0.05) is 26.2 Å². The van der Waals surface area contributed by atoms with Crippen LogP contribution in [0.3, 0.4) is 0 Å². The lowest BCUT2D eigenvalue weighted by Gasteiger charge is -2.08. The van der Waals surface area contributed by atoms with E-state index < -0.39 is 0 Å². The molecule has 110 valence electrons. The van der Waals surface area contributed by atoms with Crippen molar-refractivity contribution >= 4 is 11.0 Å². The molecule has 3 nitrogen and oxygen atoms in total. The molecule has 2 aromatic rings. The molecule has 0 fully saturated rings. The molecule has 1 aromatic heterocycles. The van der Waals surface area contributed by atoms with E-state index in [2.05, 4.69) is 16.5 Å². The molecule has 2 rings (SSSR count). The van der Waals surface area contributed by atoms with Gasteiger partial charge in [0.2, 0.25) is 0 Å². The van der Waals surface area contributed by atoms with E-state index in [-0.39, 0.29) is 12.4 Å². The van der Waals surface area contributed by atoms with Crippen LogP contribution in [0.25, 0.3) is 11.0 Å². The van der Waals surface area contributed by atoms with E-state index in [1.165, 1.54) is 31.4 Å². The summed E-state index contributed by atoms with van der Waals surface area (Å²) in [6, 6.07) is 4.78. The Hall–Kier alpha value is -1.42. The Morgan fingerprint density at radius 2 is 2.05 bits per heavy atom. The van der Waals surface area contributed by atoms with Crippen LogP contribution < -0.4 is 0 Å². The molecular weight excluding hydrogens is 255 g/mol. The normalized spacial score (nSPS) is 11.3. The first-order chi connectivity index (χ1) is 9.76. The summed E-state index contributed by atoms with van der Waals surface area (Å²) in [5.74, 6) is 0.706. The quantitative estimate of drug-likeness (QED) is 0.748. The molecule has 20 heavy (non-hydrogen) atoms. The van der Waals surface area contributed by atoms with Crippen molar-refractivity contribution in [3.8, 4) is 0 Å². The molecule has 1 heterocycles. The van der Waals surface area contributed by atoms with Crippen molar-refractivity contribution in [3.63, 3.8) is 0 Å². The number of imidazole rings is 1. The summed E-state index contributed by atoms with van der Waals surface area (Å²) in [5, 5.41) is 8.99. The van der Waals surface area contributed by atoms with Crippen molar-refractivity contribution < 1.29 is 9.50 Å². The van der Waals surface area contributed by atoms with Gasteiger partial charge >= 0.3 is 0 Å². The molecule has 0 aliphatic heterocycles. The highest BCUT2D eigenvalue weighted by Gasteiger charge is 2.10. The number of rotatable bonds is 8. The van der Waals surface area contributed by atoms with E-state index >= 15 is 0 Å². The van der Waals surface area contributed by atoms with Gasteiger partial charge in [0.1, 0.15) is 11.6 Å². The molecule has 0 unspecified atom stereocenters. The van der Waals surface area contributed by atoms with Crippen LogP contribution in [0, 0.1) is 5.82 Å². The summed E-state index contributed by atoms with van der Waals surface area (Å²) in [4.78, 5) is 4.52. The average Bonchev–Trinajstić information content (AvgIpc) is 2.78. The Morgan fingerprint density at radius 3 is 2.80 bits per heavy atom. The third-order valence-corrected chi connectivity index (χ3v) is 3.58. The minimum atomic E-state index is -0.248. The summed E-state index contributed by atoms with van der Waals surface area (Å²) in [5.41, 5.74) is 1.71. The molecule has 1 aromatic carbocycles. The maximum atomic E-state index is 13.3. The zero-order valence-electron chi connectivity index (χ0n) is 12.1. The highest BCUT2D eigenvalue weighted by Crippen LogP contribution is 2.19. The molecule has 0 amide bonds. The molecular formula is C16H23FN2O. The van der Waals surface area contributed by atoms with Crippen LogP contribution in [0.1, 0.15) is 44.9 Å².